The number of rotatable bonds is 6. The van der Waals surface area contributed by atoms with Gasteiger partial charge < -0.3 is 4.74 Å². The van der Waals surface area contributed by atoms with Crippen LogP contribution in [0.5, 0.6) is 0 Å². The Morgan fingerprint density at radius 3 is 2.31 bits per heavy atom. The van der Waals surface area contributed by atoms with E-state index < -0.39 is 11.9 Å². The van der Waals surface area contributed by atoms with E-state index in [0.29, 0.717) is 12.3 Å². The molecule has 0 spiro atoms. The molecule has 3 aliphatic rings. The third kappa shape index (κ3) is 5.40. The van der Waals surface area contributed by atoms with Crippen LogP contribution in [0.25, 0.3) is 6.08 Å². The predicted molar refractivity (Wildman–Crippen MR) is 133 cm³/mol. The Hall–Kier alpha value is -3.35. The van der Waals surface area contributed by atoms with E-state index in [4.69, 9.17) is 9.84 Å². The van der Waals surface area contributed by atoms with E-state index in [9.17, 15) is 18.4 Å². The van der Waals surface area contributed by atoms with E-state index in [-0.39, 0.29) is 30.1 Å². The summed E-state index contributed by atoms with van der Waals surface area (Å²) in [6.45, 7) is -0.371. The van der Waals surface area contributed by atoms with Gasteiger partial charge in [0, 0.05) is 12.3 Å². The molecule has 0 saturated heterocycles. The number of benzene rings is 2. The van der Waals surface area contributed by atoms with Crippen molar-refractivity contribution in [1.82, 2.24) is 5.01 Å². The summed E-state index contributed by atoms with van der Waals surface area (Å²) >= 11 is 0. The minimum Gasteiger partial charge on any atom is -0.455 e. The molecule has 2 unspecified atom stereocenters. The number of fused-ring (bicyclic) bond motifs is 1. The van der Waals surface area contributed by atoms with Crippen molar-refractivity contribution in [3.63, 3.8) is 0 Å². The summed E-state index contributed by atoms with van der Waals surface area (Å²) in [7, 11) is 0. The first-order valence-electron chi connectivity index (χ1n) is 12.8. The van der Waals surface area contributed by atoms with Crippen molar-refractivity contribution < 1.29 is 23.1 Å². The molecule has 2 saturated carbocycles. The number of esters is 1. The second-order valence-electron chi connectivity index (χ2n) is 9.96. The summed E-state index contributed by atoms with van der Waals surface area (Å²) in [4.78, 5) is 25.6. The van der Waals surface area contributed by atoms with Crippen LogP contribution in [0.15, 0.2) is 59.2 Å². The van der Waals surface area contributed by atoms with Gasteiger partial charge in [-0.05, 0) is 85.1 Å². The lowest BCUT2D eigenvalue weighted by Crippen LogP contribution is -2.34. The Labute approximate surface area is 209 Å². The standard InChI is InChI=1S/C29H30F2N2O3/c30-23-12-8-20(9-13-23)16-22-6-3-7-25-28(22)32-33(29(25)21-10-14-24(31)15-11-21)26(34)18-36-27(35)17-19-4-1-2-5-19/h8-16,19,25,29H,1-7,17-18H2. The van der Waals surface area contributed by atoms with Crippen LogP contribution < -0.4 is 0 Å². The Balaban J connectivity index is 1.39. The molecule has 2 atom stereocenters. The van der Waals surface area contributed by atoms with Crippen LogP contribution in [0.3, 0.4) is 0 Å². The highest BCUT2D eigenvalue weighted by Gasteiger charge is 2.43. The Morgan fingerprint density at radius 1 is 0.944 bits per heavy atom. The van der Waals surface area contributed by atoms with Crippen LogP contribution in [0.4, 0.5) is 8.78 Å². The fourth-order valence-electron chi connectivity index (χ4n) is 5.68. The quantitative estimate of drug-likeness (QED) is 0.451. The van der Waals surface area contributed by atoms with E-state index in [1.165, 1.54) is 29.3 Å². The molecule has 0 bridgehead atoms. The molecule has 5 rings (SSSR count). The molecular weight excluding hydrogens is 462 g/mol. The average Bonchev–Trinajstić information content (AvgIpc) is 3.53. The van der Waals surface area contributed by atoms with Crippen molar-refractivity contribution >= 4 is 23.7 Å². The van der Waals surface area contributed by atoms with Crippen molar-refractivity contribution in [3.8, 4) is 0 Å². The van der Waals surface area contributed by atoms with Crippen molar-refractivity contribution in [1.29, 1.82) is 0 Å². The fourth-order valence-corrected chi connectivity index (χ4v) is 5.68. The summed E-state index contributed by atoms with van der Waals surface area (Å²) < 4.78 is 32.4. The summed E-state index contributed by atoms with van der Waals surface area (Å²) in [5, 5.41) is 6.16. The first kappa shape index (κ1) is 24.3. The third-order valence-electron chi connectivity index (χ3n) is 7.47. The number of amides is 1. The molecule has 2 aromatic carbocycles. The lowest BCUT2D eigenvalue weighted by atomic mass is 9.77. The van der Waals surface area contributed by atoms with Gasteiger partial charge in [0.25, 0.3) is 5.91 Å². The van der Waals surface area contributed by atoms with E-state index in [1.54, 1.807) is 24.3 Å². The number of allylic oxidation sites excluding steroid dienone is 1. The SMILES string of the molecule is O=C(CC1CCCC1)OCC(=O)N1N=C2C(=Cc3ccc(F)cc3)CCCC2C1c1ccc(F)cc1. The van der Waals surface area contributed by atoms with Gasteiger partial charge in [0.1, 0.15) is 11.6 Å². The molecule has 1 heterocycles. The molecule has 2 aromatic rings. The summed E-state index contributed by atoms with van der Waals surface area (Å²) in [6.07, 6.45) is 9.19. The van der Waals surface area contributed by atoms with Crippen LogP contribution in [0.1, 0.15) is 68.5 Å². The third-order valence-corrected chi connectivity index (χ3v) is 7.47. The number of nitrogens with zero attached hydrogens (tertiary/aromatic N) is 2. The second kappa shape index (κ2) is 10.7. The first-order chi connectivity index (χ1) is 17.5. The van der Waals surface area contributed by atoms with Crippen molar-refractivity contribution in [2.75, 3.05) is 6.61 Å². The van der Waals surface area contributed by atoms with Gasteiger partial charge in [0.15, 0.2) is 6.61 Å². The van der Waals surface area contributed by atoms with Gasteiger partial charge in [0.05, 0.1) is 11.8 Å². The van der Waals surface area contributed by atoms with Gasteiger partial charge in [0.2, 0.25) is 0 Å². The molecule has 0 aromatic heterocycles. The van der Waals surface area contributed by atoms with Crippen LogP contribution in [-0.4, -0.2) is 29.2 Å². The summed E-state index contributed by atoms with van der Waals surface area (Å²) in [6, 6.07) is 12.0. The first-order valence-corrected chi connectivity index (χ1v) is 12.8. The van der Waals surface area contributed by atoms with Crippen molar-refractivity contribution in [2.24, 2.45) is 16.9 Å². The largest absolute Gasteiger partial charge is 0.455 e. The fraction of sp³-hybridized carbons (Fsp3) is 0.414. The summed E-state index contributed by atoms with van der Waals surface area (Å²) in [5.41, 5.74) is 3.46. The van der Waals surface area contributed by atoms with Crippen LogP contribution in [-0.2, 0) is 14.3 Å². The van der Waals surface area contributed by atoms with Gasteiger partial charge in [-0.25, -0.2) is 13.8 Å². The Kier molecular flexibility index (Phi) is 7.25. The minimum atomic E-state index is -0.404. The van der Waals surface area contributed by atoms with Crippen molar-refractivity contribution in [2.45, 2.75) is 57.4 Å². The monoisotopic (exact) mass is 492 g/mol. The Morgan fingerprint density at radius 2 is 1.61 bits per heavy atom. The average molecular weight is 493 g/mol. The van der Waals surface area contributed by atoms with Crippen LogP contribution >= 0.6 is 0 Å². The zero-order chi connectivity index (χ0) is 25.1. The molecule has 2 aliphatic carbocycles. The van der Waals surface area contributed by atoms with Gasteiger partial charge >= 0.3 is 5.97 Å². The molecule has 1 amide bonds. The molecule has 0 N–H and O–H groups in total. The normalized spacial score (nSPS) is 23.0. The molecule has 0 radical (unpaired) electrons. The highest BCUT2D eigenvalue weighted by Crippen LogP contribution is 2.44. The van der Waals surface area contributed by atoms with Crippen LogP contribution in [0.2, 0.25) is 0 Å². The van der Waals surface area contributed by atoms with E-state index in [2.05, 4.69) is 0 Å². The number of hydrazone groups is 1. The topological polar surface area (TPSA) is 59.0 Å². The van der Waals surface area contributed by atoms with Crippen LogP contribution in [0, 0.1) is 23.5 Å². The predicted octanol–water partition coefficient (Wildman–Crippen LogP) is 6.21. The lowest BCUT2D eigenvalue weighted by molar-refractivity contribution is -0.153. The molecule has 7 heteroatoms. The lowest BCUT2D eigenvalue weighted by Gasteiger charge is -2.29. The van der Waals surface area contributed by atoms with Gasteiger partial charge in [-0.3, -0.25) is 9.59 Å². The second-order valence-corrected chi connectivity index (χ2v) is 9.96. The molecular formula is C29H30F2N2O3. The molecule has 5 nitrogen and oxygen atoms in total. The Bertz CT molecular complexity index is 1170. The minimum absolute atomic E-state index is 0.0611. The summed E-state index contributed by atoms with van der Waals surface area (Å²) in [5.74, 6) is -1.12. The number of hydrogen-bond donors (Lipinski definition) is 0. The number of carbonyl (C=O) groups excluding carboxylic acids is 2. The van der Waals surface area contributed by atoms with E-state index in [0.717, 1.165) is 67.4 Å². The van der Waals surface area contributed by atoms with Gasteiger partial charge in [-0.1, -0.05) is 37.1 Å². The highest BCUT2D eigenvalue weighted by molar-refractivity contribution is 6.08. The van der Waals surface area contributed by atoms with E-state index >= 15 is 0 Å². The molecule has 36 heavy (non-hydrogen) atoms. The maximum atomic E-state index is 13.7. The molecule has 188 valence electrons. The number of ether oxygens (including phenoxy) is 1. The van der Waals surface area contributed by atoms with E-state index in [1.807, 2.05) is 6.08 Å². The molecule has 2 fully saturated rings. The zero-order valence-electron chi connectivity index (χ0n) is 20.2. The number of halogens is 2. The van der Waals surface area contributed by atoms with Gasteiger partial charge in [-0.2, -0.15) is 5.10 Å². The smallest absolute Gasteiger partial charge is 0.306 e. The number of carbonyl (C=O) groups is 2. The maximum absolute atomic E-state index is 13.7. The maximum Gasteiger partial charge on any atom is 0.306 e. The van der Waals surface area contributed by atoms with Crippen molar-refractivity contribution in [3.05, 3.63) is 76.9 Å². The van der Waals surface area contributed by atoms with Gasteiger partial charge in [-0.15, -0.1) is 0 Å². The molecule has 1 aliphatic heterocycles. The zero-order valence-corrected chi connectivity index (χ0v) is 20.2. The highest BCUT2D eigenvalue weighted by atomic mass is 19.1. The number of hydrogen-bond acceptors (Lipinski definition) is 4.